The first kappa shape index (κ1) is 11.7. The van der Waals surface area contributed by atoms with Crippen molar-refractivity contribution in [3.8, 4) is 0 Å². The molecule has 0 fully saturated rings. The van der Waals surface area contributed by atoms with E-state index in [2.05, 4.69) is 22.9 Å². The van der Waals surface area contributed by atoms with Gasteiger partial charge in [-0.3, -0.25) is 0 Å². The summed E-state index contributed by atoms with van der Waals surface area (Å²) in [4.78, 5) is 0. The van der Waals surface area contributed by atoms with Gasteiger partial charge in [-0.2, -0.15) is 0 Å². The predicted octanol–water partition coefficient (Wildman–Crippen LogP) is 4.45. The highest BCUT2D eigenvalue weighted by atomic mass is 79.9. The van der Waals surface area contributed by atoms with E-state index < -0.39 is 0 Å². The number of hydrogen-bond acceptors (Lipinski definition) is 0. The Morgan fingerprint density at radius 3 is 2.71 bits per heavy atom. The quantitative estimate of drug-likeness (QED) is 0.541. The summed E-state index contributed by atoms with van der Waals surface area (Å²) in [7, 11) is 0. The van der Waals surface area contributed by atoms with Crippen molar-refractivity contribution < 1.29 is 4.39 Å². The molecular formula is C12H16BrF. The Labute approximate surface area is 93.7 Å². The van der Waals surface area contributed by atoms with Crippen molar-refractivity contribution in [1.82, 2.24) is 0 Å². The van der Waals surface area contributed by atoms with E-state index in [1.54, 1.807) is 12.1 Å². The minimum Gasteiger partial charge on any atom is -0.207 e. The van der Waals surface area contributed by atoms with Gasteiger partial charge in [-0.25, -0.2) is 4.39 Å². The molecule has 0 saturated carbocycles. The minimum atomic E-state index is -0.0574. The summed E-state index contributed by atoms with van der Waals surface area (Å²) in [5.74, 6) is -0.0574. The summed E-state index contributed by atoms with van der Waals surface area (Å²) in [5.41, 5.74) is 1.97. The predicted molar refractivity (Wildman–Crippen MR) is 62.3 cm³/mol. The summed E-state index contributed by atoms with van der Waals surface area (Å²) in [5, 5.41) is 0.742. The van der Waals surface area contributed by atoms with Crippen LogP contribution in [0.1, 0.15) is 37.3 Å². The van der Waals surface area contributed by atoms with Crippen LogP contribution in [0.25, 0.3) is 0 Å². The van der Waals surface area contributed by atoms with Crippen LogP contribution in [-0.4, -0.2) is 0 Å². The molecule has 1 aromatic carbocycles. The number of benzene rings is 1. The zero-order chi connectivity index (χ0) is 10.4. The molecule has 0 heterocycles. The normalized spacial score (nSPS) is 10.5. The lowest BCUT2D eigenvalue weighted by Gasteiger charge is -2.07. The lowest BCUT2D eigenvalue weighted by molar-refractivity contribution is 0.596. The summed E-state index contributed by atoms with van der Waals surface area (Å²) < 4.78 is 13.4. The Balaban J connectivity index is 2.72. The fourth-order valence-corrected chi connectivity index (χ4v) is 2.09. The second kappa shape index (κ2) is 6.18. The van der Waals surface area contributed by atoms with Crippen molar-refractivity contribution in [3.63, 3.8) is 0 Å². The van der Waals surface area contributed by atoms with Gasteiger partial charge in [0.15, 0.2) is 0 Å². The van der Waals surface area contributed by atoms with Crippen molar-refractivity contribution in [2.24, 2.45) is 0 Å². The molecule has 2 heteroatoms. The van der Waals surface area contributed by atoms with Crippen molar-refractivity contribution in [1.29, 1.82) is 0 Å². The lowest BCUT2D eigenvalue weighted by Crippen LogP contribution is -1.96. The largest absolute Gasteiger partial charge is 0.207 e. The Morgan fingerprint density at radius 2 is 2.07 bits per heavy atom. The Hall–Kier alpha value is -0.370. The van der Waals surface area contributed by atoms with Gasteiger partial charge in [0.05, 0.1) is 0 Å². The summed E-state index contributed by atoms with van der Waals surface area (Å²) in [6.45, 7) is 2.16. The molecule has 0 aliphatic heterocycles. The highest BCUT2D eigenvalue weighted by molar-refractivity contribution is 9.08. The Morgan fingerprint density at radius 1 is 1.29 bits per heavy atom. The van der Waals surface area contributed by atoms with Gasteiger partial charge in [-0.1, -0.05) is 47.8 Å². The molecular weight excluding hydrogens is 243 g/mol. The van der Waals surface area contributed by atoms with Crippen LogP contribution < -0.4 is 0 Å². The van der Waals surface area contributed by atoms with Crippen LogP contribution in [0.4, 0.5) is 4.39 Å². The fourth-order valence-electron chi connectivity index (χ4n) is 1.56. The molecule has 1 rings (SSSR count). The van der Waals surface area contributed by atoms with Gasteiger partial charge in [0.25, 0.3) is 0 Å². The number of halogens is 2. The Bertz CT molecular complexity index is 284. The molecule has 0 amide bonds. The Kier molecular flexibility index (Phi) is 5.16. The van der Waals surface area contributed by atoms with E-state index in [0.29, 0.717) is 0 Å². The van der Waals surface area contributed by atoms with Crippen LogP contribution in [0, 0.1) is 5.82 Å². The first-order valence-electron chi connectivity index (χ1n) is 5.11. The van der Waals surface area contributed by atoms with Gasteiger partial charge in [-0.05, 0) is 30.0 Å². The van der Waals surface area contributed by atoms with Gasteiger partial charge in [0.1, 0.15) is 5.82 Å². The van der Waals surface area contributed by atoms with E-state index in [1.165, 1.54) is 12.8 Å². The first-order chi connectivity index (χ1) is 6.79. The van der Waals surface area contributed by atoms with E-state index in [0.717, 1.165) is 29.3 Å². The summed E-state index contributed by atoms with van der Waals surface area (Å²) in [6, 6.07) is 5.31. The SMILES string of the molecule is CCCCCc1c(F)cccc1CBr. The first-order valence-corrected chi connectivity index (χ1v) is 6.24. The molecule has 1 aromatic rings. The van der Waals surface area contributed by atoms with Gasteiger partial charge in [0.2, 0.25) is 0 Å². The maximum atomic E-state index is 13.4. The number of alkyl halides is 1. The maximum absolute atomic E-state index is 13.4. The number of unbranched alkanes of at least 4 members (excludes halogenated alkanes) is 2. The molecule has 0 N–H and O–H groups in total. The zero-order valence-electron chi connectivity index (χ0n) is 8.52. The molecule has 0 saturated heterocycles. The zero-order valence-corrected chi connectivity index (χ0v) is 10.1. The van der Waals surface area contributed by atoms with Gasteiger partial charge < -0.3 is 0 Å². The van der Waals surface area contributed by atoms with Gasteiger partial charge >= 0.3 is 0 Å². The third-order valence-electron chi connectivity index (χ3n) is 2.39. The second-order valence-electron chi connectivity index (χ2n) is 3.47. The fraction of sp³-hybridized carbons (Fsp3) is 0.500. The van der Waals surface area contributed by atoms with E-state index in [4.69, 9.17) is 0 Å². The molecule has 0 nitrogen and oxygen atoms in total. The van der Waals surface area contributed by atoms with E-state index in [1.807, 2.05) is 6.07 Å². The molecule has 0 aromatic heterocycles. The molecule has 0 radical (unpaired) electrons. The minimum absolute atomic E-state index is 0.0574. The van der Waals surface area contributed by atoms with Crippen molar-refractivity contribution >= 4 is 15.9 Å². The molecule has 0 spiro atoms. The van der Waals surface area contributed by atoms with E-state index in [9.17, 15) is 4.39 Å². The number of rotatable bonds is 5. The highest BCUT2D eigenvalue weighted by Crippen LogP contribution is 2.19. The second-order valence-corrected chi connectivity index (χ2v) is 4.03. The molecule has 0 unspecified atom stereocenters. The summed E-state index contributed by atoms with van der Waals surface area (Å²) in [6.07, 6.45) is 4.30. The van der Waals surface area contributed by atoms with Crippen LogP contribution in [0.5, 0.6) is 0 Å². The third kappa shape index (κ3) is 3.09. The van der Waals surface area contributed by atoms with Crippen molar-refractivity contribution in [2.75, 3.05) is 0 Å². The van der Waals surface area contributed by atoms with Crippen molar-refractivity contribution in [3.05, 3.63) is 35.1 Å². The smallest absolute Gasteiger partial charge is 0.126 e. The lowest BCUT2D eigenvalue weighted by atomic mass is 10.0. The third-order valence-corrected chi connectivity index (χ3v) is 2.99. The molecule has 0 bridgehead atoms. The maximum Gasteiger partial charge on any atom is 0.126 e. The molecule has 78 valence electrons. The molecule has 14 heavy (non-hydrogen) atoms. The highest BCUT2D eigenvalue weighted by Gasteiger charge is 2.06. The van der Waals surface area contributed by atoms with Crippen LogP contribution in [0.15, 0.2) is 18.2 Å². The van der Waals surface area contributed by atoms with E-state index in [-0.39, 0.29) is 5.82 Å². The van der Waals surface area contributed by atoms with Gasteiger partial charge in [0, 0.05) is 5.33 Å². The van der Waals surface area contributed by atoms with E-state index >= 15 is 0 Å². The monoisotopic (exact) mass is 258 g/mol. The van der Waals surface area contributed by atoms with Crippen LogP contribution in [0.2, 0.25) is 0 Å². The molecule has 0 aliphatic carbocycles. The van der Waals surface area contributed by atoms with Crippen LogP contribution >= 0.6 is 15.9 Å². The molecule has 0 atom stereocenters. The van der Waals surface area contributed by atoms with Crippen LogP contribution in [0.3, 0.4) is 0 Å². The summed E-state index contributed by atoms with van der Waals surface area (Å²) >= 11 is 3.38. The molecule has 0 aliphatic rings. The van der Waals surface area contributed by atoms with Crippen molar-refractivity contribution in [2.45, 2.75) is 37.9 Å². The topological polar surface area (TPSA) is 0 Å². The number of hydrogen-bond donors (Lipinski definition) is 0. The average Bonchev–Trinajstić information content (AvgIpc) is 2.20. The standard InChI is InChI=1S/C12H16BrF/c1-2-3-4-7-11-10(9-13)6-5-8-12(11)14/h5-6,8H,2-4,7,9H2,1H3. The van der Waals surface area contributed by atoms with Gasteiger partial charge in [-0.15, -0.1) is 0 Å². The average molecular weight is 259 g/mol. The van der Waals surface area contributed by atoms with Crippen LogP contribution in [-0.2, 0) is 11.8 Å².